The number of piperidine rings is 1. The number of carbonyl (C=O) groups excluding carboxylic acids is 4. The minimum absolute atomic E-state index is 0.0258. The van der Waals surface area contributed by atoms with Crippen LogP contribution in [0.25, 0.3) is 0 Å². The number of rotatable bonds is 6. The number of benzene rings is 1. The molecule has 184 valence electrons. The highest BCUT2D eigenvalue weighted by molar-refractivity contribution is 7.98. The summed E-state index contributed by atoms with van der Waals surface area (Å²) in [5.74, 6) is -1.23. The third-order valence-electron chi connectivity index (χ3n) is 6.34. The lowest BCUT2D eigenvalue weighted by atomic mass is 9.96. The maximum atomic E-state index is 12.9. The maximum absolute atomic E-state index is 12.9. The first kappa shape index (κ1) is 24.7. The summed E-state index contributed by atoms with van der Waals surface area (Å²) in [6.45, 7) is 2.22. The van der Waals surface area contributed by atoms with Crippen molar-refractivity contribution in [2.75, 3.05) is 42.7 Å². The van der Waals surface area contributed by atoms with Crippen LogP contribution in [0.4, 0.5) is 11.4 Å². The maximum Gasteiger partial charge on any atom is 0.313 e. The number of amides is 4. The molecule has 9 nitrogen and oxygen atoms in total. The van der Waals surface area contributed by atoms with Gasteiger partial charge in [-0.3, -0.25) is 19.2 Å². The van der Waals surface area contributed by atoms with Gasteiger partial charge < -0.3 is 20.4 Å². The molecule has 0 atom stereocenters. The van der Waals surface area contributed by atoms with Crippen LogP contribution in [-0.2, 0) is 14.4 Å². The average Bonchev–Trinajstić information content (AvgIpc) is 3.33. The number of pyridine rings is 1. The van der Waals surface area contributed by atoms with Crippen LogP contribution < -0.4 is 15.5 Å². The van der Waals surface area contributed by atoms with Gasteiger partial charge in [0.2, 0.25) is 5.91 Å². The van der Waals surface area contributed by atoms with Gasteiger partial charge in [0.15, 0.2) is 0 Å². The molecule has 35 heavy (non-hydrogen) atoms. The zero-order valence-corrected chi connectivity index (χ0v) is 20.5. The van der Waals surface area contributed by atoms with Crippen LogP contribution in [0.3, 0.4) is 0 Å². The van der Waals surface area contributed by atoms with Crippen molar-refractivity contribution in [1.29, 1.82) is 0 Å². The Hall–Kier alpha value is -3.40. The second-order valence-electron chi connectivity index (χ2n) is 8.66. The summed E-state index contributed by atoms with van der Waals surface area (Å²) < 4.78 is 0. The fourth-order valence-corrected chi connectivity index (χ4v) is 4.95. The zero-order chi connectivity index (χ0) is 24.8. The fourth-order valence-electron chi connectivity index (χ4n) is 4.40. The smallest absolute Gasteiger partial charge is 0.313 e. The van der Waals surface area contributed by atoms with E-state index < -0.39 is 11.8 Å². The number of nitrogens with one attached hydrogen (secondary N) is 2. The number of thioether (sulfide) groups is 1. The predicted octanol–water partition coefficient (Wildman–Crippen LogP) is 2.54. The van der Waals surface area contributed by atoms with Crippen molar-refractivity contribution in [3.05, 3.63) is 48.2 Å². The van der Waals surface area contributed by atoms with Crippen molar-refractivity contribution in [1.82, 2.24) is 15.2 Å². The molecule has 0 aliphatic carbocycles. The van der Waals surface area contributed by atoms with Gasteiger partial charge in [-0.1, -0.05) is 6.07 Å². The monoisotopic (exact) mass is 495 g/mol. The first-order valence-corrected chi connectivity index (χ1v) is 13.0. The molecule has 4 amide bonds. The summed E-state index contributed by atoms with van der Waals surface area (Å²) in [5.41, 5.74) is 1.79. The minimum Gasteiger partial charge on any atom is -0.348 e. The Kier molecular flexibility index (Phi) is 8.02. The van der Waals surface area contributed by atoms with E-state index in [1.54, 1.807) is 41.4 Å². The summed E-state index contributed by atoms with van der Waals surface area (Å²) >= 11 is 1.45. The van der Waals surface area contributed by atoms with Gasteiger partial charge in [0.1, 0.15) is 5.03 Å². The largest absolute Gasteiger partial charge is 0.348 e. The molecule has 0 unspecified atom stereocenters. The van der Waals surface area contributed by atoms with Crippen LogP contribution in [0.5, 0.6) is 0 Å². The van der Waals surface area contributed by atoms with Gasteiger partial charge in [-0.25, -0.2) is 4.98 Å². The highest BCUT2D eigenvalue weighted by Gasteiger charge is 2.26. The molecule has 1 aromatic carbocycles. The van der Waals surface area contributed by atoms with E-state index in [1.807, 2.05) is 17.2 Å². The lowest BCUT2D eigenvalue weighted by Gasteiger charge is -2.32. The number of nitrogens with zero attached hydrogens (tertiary/aromatic N) is 3. The average molecular weight is 496 g/mol. The summed E-state index contributed by atoms with van der Waals surface area (Å²) in [6.07, 6.45) is 6.40. The number of anilines is 2. The van der Waals surface area contributed by atoms with Crippen molar-refractivity contribution in [3.8, 4) is 0 Å². The molecule has 0 saturated carbocycles. The molecule has 2 saturated heterocycles. The third-order valence-corrected chi connectivity index (χ3v) is 7.06. The first-order chi connectivity index (χ1) is 17.0. The SMILES string of the molecule is CSc1ncccc1C(=O)N1CCC(CNC(=O)C(=O)Nc2cccc(N3CCCC3=O)c2)CC1. The van der Waals surface area contributed by atoms with Crippen molar-refractivity contribution < 1.29 is 19.2 Å². The fraction of sp³-hybridized carbons (Fsp3) is 0.400. The molecule has 1 aromatic heterocycles. The molecule has 10 heteroatoms. The van der Waals surface area contributed by atoms with E-state index in [9.17, 15) is 19.2 Å². The summed E-state index contributed by atoms with van der Waals surface area (Å²) in [6, 6.07) is 10.5. The van der Waals surface area contributed by atoms with Crippen molar-refractivity contribution in [2.24, 2.45) is 5.92 Å². The number of aromatic nitrogens is 1. The molecule has 0 spiro atoms. The quantitative estimate of drug-likeness (QED) is 0.471. The van der Waals surface area contributed by atoms with Gasteiger partial charge in [0, 0.05) is 50.2 Å². The number of hydrogen-bond donors (Lipinski definition) is 2. The van der Waals surface area contributed by atoms with Crippen LogP contribution >= 0.6 is 11.8 Å². The summed E-state index contributed by atoms with van der Waals surface area (Å²) in [5, 5.41) is 6.04. The van der Waals surface area contributed by atoms with Gasteiger partial charge in [-0.05, 0) is 61.8 Å². The van der Waals surface area contributed by atoms with Gasteiger partial charge in [0.05, 0.1) is 5.56 Å². The third kappa shape index (κ3) is 6.00. The van der Waals surface area contributed by atoms with E-state index in [0.717, 1.165) is 24.3 Å². The summed E-state index contributed by atoms with van der Waals surface area (Å²) in [7, 11) is 0. The van der Waals surface area contributed by atoms with E-state index in [0.29, 0.717) is 49.5 Å². The molecule has 2 aliphatic rings. The Morgan fingerprint density at radius 1 is 1.09 bits per heavy atom. The Bertz CT molecular complexity index is 1120. The molecule has 2 N–H and O–H groups in total. The van der Waals surface area contributed by atoms with Crippen molar-refractivity contribution in [2.45, 2.75) is 30.7 Å². The Morgan fingerprint density at radius 3 is 2.60 bits per heavy atom. The van der Waals surface area contributed by atoms with Gasteiger partial charge >= 0.3 is 11.8 Å². The zero-order valence-electron chi connectivity index (χ0n) is 19.7. The number of hydrogen-bond acceptors (Lipinski definition) is 6. The predicted molar refractivity (Wildman–Crippen MR) is 134 cm³/mol. The molecular formula is C25H29N5O4S. The second kappa shape index (κ2) is 11.4. The van der Waals surface area contributed by atoms with Gasteiger partial charge in [-0.2, -0.15) is 0 Å². The molecule has 2 aliphatic heterocycles. The summed E-state index contributed by atoms with van der Waals surface area (Å²) in [4.78, 5) is 57.3. The molecule has 3 heterocycles. The first-order valence-electron chi connectivity index (χ1n) is 11.7. The van der Waals surface area contributed by atoms with E-state index >= 15 is 0 Å². The Labute approximate surface area is 208 Å². The highest BCUT2D eigenvalue weighted by Crippen LogP contribution is 2.25. The van der Waals surface area contributed by atoms with Crippen LogP contribution in [0.1, 0.15) is 36.0 Å². The normalized spacial score (nSPS) is 16.3. The van der Waals surface area contributed by atoms with Gasteiger partial charge in [-0.15, -0.1) is 11.8 Å². The van der Waals surface area contributed by atoms with E-state index in [-0.39, 0.29) is 17.7 Å². The van der Waals surface area contributed by atoms with E-state index in [2.05, 4.69) is 15.6 Å². The highest BCUT2D eigenvalue weighted by atomic mass is 32.2. The Balaban J connectivity index is 1.23. The number of carbonyl (C=O) groups is 4. The Morgan fingerprint density at radius 2 is 1.89 bits per heavy atom. The van der Waals surface area contributed by atoms with Crippen LogP contribution in [0.2, 0.25) is 0 Å². The molecule has 2 aromatic rings. The topological polar surface area (TPSA) is 112 Å². The minimum atomic E-state index is -0.747. The lowest BCUT2D eigenvalue weighted by Crippen LogP contribution is -2.43. The van der Waals surface area contributed by atoms with E-state index in [1.165, 1.54) is 11.8 Å². The lowest BCUT2D eigenvalue weighted by molar-refractivity contribution is -0.136. The second-order valence-corrected chi connectivity index (χ2v) is 9.45. The molecule has 4 rings (SSSR count). The van der Waals surface area contributed by atoms with Gasteiger partial charge in [0.25, 0.3) is 5.91 Å². The van der Waals surface area contributed by atoms with Crippen molar-refractivity contribution >= 4 is 46.8 Å². The van der Waals surface area contributed by atoms with Crippen LogP contribution in [0, 0.1) is 5.92 Å². The van der Waals surface area contributed by atoms with Crippen molar-refractivity contribution in [3.63, 3.8) is 0 Å². The van der Waals surface area contributed by atoms with E-state index in [4.69, 9.17) is 0 Å². The van der Waals surface area contributed by atoms with Crippen LogP contribution in [0.15, 0.2) is 47.6 Å². The molecule has 2 fully saturated rings. The number of likely N-dealkylation sites (tertiary alicyclic amines) is 1. The van der Waals surface area contributed by atoms with Crippen LogP contribution in [-0.4, -0.2) is 65.9 Å². The molecular weight excluding hydrogens is 466 g/mol. The molecule has 0 bridgehead atoms. The standard InChI is InChI=1S/C25H29N5O4S/c1-35-24-20(7-3-11-26-24)25(34)29-13-9-17(10-14-29)16-27-22(32)23(33)28-18-5-2-6-19(15-18)30-12-4-8-21(30)31/h2-3,5-7,11,15,17H,4,8-10,12-14,16H2,1H3,(H,27,32)(H,28,33). The molecule has 0 radical (unpaired) electrons.